The quantitative estimate of drug-likeness (QED) is 0.657. The topological polar surface area (TPSA) is 73.1 Å². The number of hydrogen-bond donors (Lipinski definition) is 2. The van der Waals surface area contributed by atoms with E-state index in [4.69, 9.17) is 10.6 Å². The Labute approximate surface area is 119 Å². The summed E-state index contributed by atoms with van der Waals surface area (Å²) < 4.78 is 5.24. The maximum atomic E-state index is 5.77. The van der Waals surface area contributed by atoms with Gasteiger partial charge < -0.3 is 4.74 Å². The molecule has 3 N–H and O–H groups in total. The zero-order chi connectivity index (χ0) is 14.7. The van der Waals surface area contributed by atoms with Crippen molar-refractivity contribution in [3.05, 3.63) is 52.3 Å². The van der Waals surface area contributed by atoms with Gasteiger partial charge in [0.05, 0.1) is 24.5 Å². The first-order valence-corrected chi connectivity index (χ1v) is 6.48. The number of nitrogens with zero attached hydrogens (tertiary/aromatic N) is 2. The van der Waals surface area contributed by atoms with Crippen LogP contribution in [0.15, 0.2) is 24.3 Å². The van der Waals surface area contributed by atoms with Crippen molar-refractivity contribution in [1.29, 1.82) is 0 Å². The second-order valence-corrected chi connectivity index (χ2v) is 4.85. The van der Waals surface area contributed by atoms with Gasteiger partial charge >= 0.3 is 0 Å². The van der Waals surface area contributed by atoms with Gasteiger partial charge in [-0.2, -0.15) is 10.2 Å². The molecule has 1 heterocycles. The number of methoxy groups -OCH3 is 1. The largest absolute Gasteiger partial charge is 0.497 e. The lowest BCUT2D eigenvalue weighted by Crippen LogP contribution is -2.30. The highest BCUT2D eigenvalue weighted by atomic mass is 16.5. The summed E-state index contributed by atoms with van der Waals surface area (Å²) >= 11 is 0. The van der Waals surface area contributed by atoms with Crippen molar-refractivity contribution in [2.45, 2.75) is 26.8 Å². The molecule has 0 aliphatic rings. The van der Waals surface area contributed by atoms with Gasteiger partial charge in [-0.1, -0.05) is 6.07 Å². The first-order chi connectivity index (χ1) is 9.56. The summed E-state index contributed by atoms with van der Waals surface area (Å²) in [6.45, 7) is 5.90. The van der Waals surface area contributed by atoms with Crippen LogP contribution in [0.4, 0.5) is 0 Å². The fraction of sp³-hybridized carbons (Fsp3) is 0.333. The van der Waals surface area contributed by atoms with Gasteiger partial charge in [0.2, 0.25) is 0 Å². The molecule has 1 atom stereocenters. The van der Waals surface area contributed by atoms with Gasteiger partial charge in [0.25, 0.3) is 0 Å². The van der Waals surface area contributed by atoms with Gasteiger partial charge in [-0.3, -0.25) is 5.84 Å². The Morgan fingerprint density at radius 3 is 2.45 bits per heavy atom. The van der Waals surface area contributed by atoms with Gasteiger partial charge in [0.15, 0.2) is 0 Å². The monoisotopic (exact) mass is 272 g/mol. The summed E-state index contributed by atoms with van der Waals surface area (Å²) in [5.41, 5.74) is 7.86. The minimum absolute atomic E-state index is 0.116. The highest BCUT2D eigenvalue weighted by Gasteiger charge is 2.18. The Bertz CT molecular complexity index is 613. The Morgan fingerprint density at radius 1 is 1.10 bits per heavy atom. The Balaban J connectivity index is 2.49. The Kier molecular flexibility index (Phi) is 4.32. The number of ether oxygens (including phenoxy) is 1. The SMILES string of the molecule is COc1ccc(C(NN)c2cc(C)nnc2C)c(C)c1. The van der Waals surface area contributed by atoms with Gasteiger partial charge in [0, 0.05) is 0 Å². The van der Waals surface area contributed by atoms with E-state index in [2.05, 4.69) is 15.6 Å². The third-order valence-corrected chi connectivity index (χ3v) is 3.41. The predicted octanol–water partition coefficient (Wildman–Crippen LogP) is 1.96. The highest BCUT2D eigenvalue weighted by Crippen LogP contribution is 2.28. The number of hydrazine groups is 1. The average Bonchev–Trinajstić information content (AvgIpc) is 2.44. The third kappa shape index (κ3) is 2.79. The third-order valence-electron chi connectivity index (χ3n) is 3.41. The highest BCUT2D eigenvalue weighted by molar-refractivity contribution is 5.42. The van der Waals surface area contributed by atoms with Crippen molar-refractivity contribution < 1.29 is 4.74 Å². The van der Waals surface area contributed by atoms with E-state index in [1.54, 1.807) is 7.11 Å². The van der Waals surface area contributed by atoms with E-state index in [9.17, 15) is 0 Å². The van der Waals surface area contributed by atoms with Crippen LogP contribution >= 0.6 is 0 Å². The number of nitrogens with two attached hydrogens (primary N) is 1. The second-order valence-electron chi connectivity index (χ2n) is 4.85. The van der Waals surface area contributed by atoms with Crippen molar-refractivity contribution in [2.24, 2.45) is 5.84 Å². The lowest BCUT2D eigenvalue weighted by Gasteiger charge is -2.21. The molecule has 0 saturated heterocycles. The maximum absolute atomic E-state index is 5.77. The molecule has 0 fully saturated rings. The minimum atomic E-state index is -0.116. The smallest absolute Gasteiger partial charge is 0.119 e. The van der Waals surface area contributed by atoms with E-state index in [1.165, 1.54) is 0 Å². The number of hydrogen-bond acceptors (Lipinski definition) is 5. The van der Waals surface area contributed by atoms with Crippen LogP contribution in [-0.2, 0) is 0 Å². The van der Waals surface area contributed by atoms with Crippen molar-refractivity contribution in [3.63, 3.8) is 0 Å². The molecule has 0 radical (unpaired) electrons. The maximum Gasteiger partial charge on any atom is 0.119 e. The molecule has 0 aliphatic carbocycles. The summed E-state index contributed by atoms with van der Waals surface area (Å²) in [6.07, 6.45) is 0. The molecule has 0 saturated carbocycles. The van der Waals surface area contributed by atoms with E-state index in [0.717, 1.165) is 33.8 Å². The van der Waals surface area contributed by atoms with Crippen molar-refractivity contribution in [3.8, 4) is 5.75 Å². The lowest BCUT2D eigenvalue weighted by molar-refractivity contribution is 0.414. The molecule has 20 heavy (non-hydrogen) atoms. The van der Waals surface area contributed by atoms with E-state index in [1.807, 2.05) is 45.0 Å². The number of aromatic nitrogens is 2. The molecule has 0 bridgehead atoms. The van der Waals surface area contributed by atoms with Crippen LogP contribution in [0.5, 0.6) is 5.75 Å². The zero-order valence-corrected chi connectivity index (χ0v) is 12.3. The van der Waals surface area contributed by atoms with E-state index in [-0.39, 0.29) is 6.04 Å². The number of rotatable bonds is 4. The van der Waals surface area contributed by atoms with Gasteiger partial charge in [-0.15, -0.1) is 0 Å². The standard InChI is InChI=1S/C15H20N4O/c1-9-7-12(20-4)5-6-13(9)15(17-16)14-8-10(2)18-19-11(14)3/h5-8,15,17H,16H2,1-4H3. The van der Waals surface area contributed by atoms with Gasteiger partial charge in [-0.25, -0.2) is 5.43 Å². The molecular weight excluding hydrogens is 252 g/mol. The fourth-order valence-electron chi connectivity index (χ4n) is 2.31. The molecule has 5 nitrogen and oxygen atoms in total. The van der Waals surface area contributed by atoms with Gasteiger partial charge in [0.1, 0.15) is 5.75 Å². The summed E-state index contributed by atoms with van der Waals surface area (Å²) in [5, 5.41) is 8.23. The first-order valence-electron chi connectivity index (χ1n) is 6.48. The molecule has 1 aromatic carbocycles. The fourth-order valence-corrected chi connectivity index (χ4v) is 2.31. The molecule has 2 rings (SSSR count). The van der Waals surface area contributed by atoms with Crippen molar-refractivity contribution in [2.75, 3.05) is 7.11 Å². The van der Waals surface area contributed by atoms with Crippen LogP contribution in [0.25, 0.3) is 0 Å². The molecule has 1 aromatic heterocycles. The Hall–Kier alpha value is -1.98. The normalized spacial score (nSPS) is 12.2. The molecule has 106 valence electrons. The van der Waals surface area contributed by atoms with E-state index < -0.39 is 0 Å². The lowest BCUT2D eigenvalue weighted by atomic mass is 9.94. The molecule has 0 spiro atoms. The van der Waals surface area contributed by atoms with Crippen LogP contribution in [-0.4, -0.2) is 17.3 Å². The van der Waals surface area contributed by atoms with Gasteiger partial charge in [-0.05, 0) is 55.7 Å². The molecule has 0 aliphatic heterocycles. The zero-order valence-electron chi connectivity index (χ0n) is 12.3. The van der Waals surface area contributed by atoms with Crippen LogP contribution in [0.3, 0.4) is 0 Å². The van der Waals surface area contributed by atoms with E-state index >= 15 is 0 Å². The summed E-state index contributed by atoms with van der Waals surface area (Å²) in [5.74, 6) is 6.60. The number of benzene rings is 1. The molecule has 1 unspecified atom stereocenters. The summed E-state index contributed by atoms with van der Waals surface area (Å²) in [6, 6.07) is 7.85. The van der Waals surface area contributed by atoms with Crippen LogP contribution < -0.4 is 16.0 Å². The molecule has 0 amide bonds. The molecule has 5 heteroatoms. The second kappa shape index (κ2) is 5.98. The summed E-state index contributed by atoms with van der Waals surface area (Å²) in [7, 11) is 1.66. The van der Waals surface area contributed by atoms with Crippen molar-refractivity contribution >= 4 is 0 Å². The first kappa shape index (κ1) is 14.4. The van der Waals surface area contributed by atoms with Crippen LogP contribution in [0, 0.1) is 20.8 Å². The number of aryl methyl sites for hydroxylation is 3. The van der Waals surface area contributed by atoms with Crippen LogP contribution in [0.2, 0.25) is 0 Å². The minimum Gasteiger partial charge on any atom is -0.497 e. The molecular formula is C15H20N4O. The average molecular weight is 272 g/mol. The Morgan fingerprint density at radius 2 is 1.85 bits per heavy atom. The van der Waals surface area contributed by atoms with Crippen molar-refractivity contribution in [1.82, 2.24) is 15.6 Å². The number of nitrogens with one attached hydrogen (secondary N) is 1. The van der Waals surface area contributed by atoms with E-state index in [0.29, 0.717) is 0 Å². The molecule has 2 aromatic rings. The summed E-state index contributed by atoms with van der Waals surface area (Å²) in [4.78, 5) is 0. The van der Waals surface area contributed by atoms with Crippen LogP contribution in [0.1, 0.15) is 34.1 Å². The predicted molar refractivity (Wildman–Crippen MR) is 78.4 cm³/mol.